The molecule has 0 saturated carbocycles. The van der Waals surface area contributed by atoms with Crippen LogP contribution in [-0.4, -0.2) is 32.3 Å². The first-order valence-corrected chi connectivity index (χ1v) is 8.53. The Bertz CT molecular complexity index is 585. The minimum atomic E-state index is -3.80. The number of hydrogen-bond donors (Lipinski definition) is 0. The Morgan fingerprint density at radius 2 is 2.16 bits per heavy atom. The van der Waals surface area contributed by atoms with E-state index in [1.807, 2.05) is 0 Å². The van der Waals surface area contributed by atoms with Crippen molar-refractivity contribution < 1.29 is 13.2 Å². The van der Waals surface area contributed by atoms with Gasteiger partial charge in [-0.05, 0) is 37.0 Å². The zero-order chi connectivity index (χ0) is 14.0. The normalized spacial score (nSPS) is 20.3. The second-order valence-corrected chi connectivity index (χ2v) is 7.53. The molecule has 0 radical (unpaired) electrons. The molecule has 1 aliphatic rings. The zero-order valence-electron chi connectivity index (χ0n) is 10.7. The lowest BCUT2D eigenvalue weighted by Crippen LogP contribution is -2.39. The average molecular weight is 302 g/mol. The summed E-state index contributed by atoms with van der Waals surface area (Å²) in [6.07, 6.45) is 2.11. The smallest absolute Gasteiger partial charge is 0.261 e. The van der Waals surface area contributed by atoms with E-state index < -0.39 is 9.05 Å². The second kappa shape index (κ2) is 5.51. The van der Waals surface area contributed by atoms with Crippen molar-refractivity contribution in [2.24, 2.45) is 5.92 Å². The molecule has 104 valence electrons. The quantitative estimate of drug-likeness (QED) is 0.789. The van der Waals surface area contributed by atoms with Gasteiger partial charge < -0.3 is 4.90 Å². The summed E-state index contributed by atoms with van der Waals surface area (Å²) in [5.41, 5.74) is 0.371. The lowest BCUT2D eigenvalue weighted by atomic mass is 9.99. The third-order valence-electron chi connectivity index (χ3n) is 3.31. The van der Waals surface area contributed by atoms with Crippen LogP contribution >= 0.6 is 10.7 Å². The van der Waals surface area contributed by atoms with Gasteiger partial charge >= 0.3 is 0 Å². The maximum Gasteiger partial charge on any atom is 0.261 e. The van der Waals surface area contributed by atoms with E-state index in [-0.39, 0.29) is 10.8 Å². The van der Waals surface area contributed by atoms with Gasteiger partial charge in [0, 0.05) is 29.3 Å². The van der Waals surface area contributed by atoms with Crippen molar-refractivity contribution >= 4 is 25.6 Å². The Hall–Kier alpha value is -1.07. The number of carbonyl (C=O) groups excluding carboxylic acids is 1. The lowest BCUT2D eigenvalue weighted by molar-refractivity contribution is 0.0683. The number of benzene rings is 1. The van der Waals surface area contributed by atoms with Crippen LogP contribution in [0.4, 0.5) is 0 Å². The molecule has 2 rings (SSSR count). The SMILES string of the molecule is CC1CCCN(C(=O)c2cccc(S(=O)(=O)Cl)c2)C1. The van der Waals surface area contributed by atoms with Crippen molar-refractivity contribution in [1.29, 1.82) is 0 Å². The number of rotatable bonds is 2. The number of amides is 1. The summed E-state index contributed by atoms with van der Waals surface area (Å²) in [5.74, 6) is 0.353. The molecule has 0 spiro atoms. The van der Waals surface area contributed by atoms with Gasteiger partial charge in [0.15, 0.2) is 0 Å². The summed E-state index contributed by atoms with van der Waals surface area (Å²) >= 11 is 0. The number of halogens is 1. The van der Waals surface area contributed by atoms with E-state index in [9.17, 15) is 13.2 Å². The van der Waals surface area contributed by atoms with Crippen LogP contribution in [0.1, 0.15) is 30.1 Å². The van der Waals surface area contributed by atoms with E-state index in [4.69, 9.17) is 10.7 Å². The highest BCUT2D eigenvalue weighted by Gasteiger charge is 2.23. The molecule has 0 bridgehead atoms. The molecule has 0 aromatic heterocycles. The van der Waals surface area contributed by atoms with Crippen LogP contribution in [0.15, 0.2) is 29.2 Å². The minimum Gasteiger partial charge on any atom is -0.338 e. The molecule has 1 aromatic carbocycles. The molecular weight excluding hydrogens is 286 g/mol. The van der Waals surface area contributed by atoms with Gasteiger partial charge in [0.25, 0.3) is 15.0 Å². The first kappa shape index (κ1) is 14.3. The van der Waals surface area contributed by atoms with Gasteiger partial charge in [-0.2, -0.15) is 0 Å². The Morgan fingerprint density at radius 1 is 1.42 bits per heavy atom. The predicted octanol–water partition coefficient (Wildman–Crippen LogP) is 2.49. The minimum absolute atomic E-state index is 0.0370. The van der Waals surface area contributed by atoms with Gasteiger partial charge in [0.05, 0.1) is 4.90 Å². The van der Waals surface area contributed by atoms with Gasteiger partial charge in [0.1, 0.15) is 0 Å². The highest BCUT2D eigenvalue weighted by Crippen LogP contribution is 2.20. The number of likely N-dealkylation sites (tertiary alicyclic amines) is 1. The zero-order valence-corrected chi connectivity index (χ0v) is 12.2. The molecule has 1 heterocycles. The monoisotopic (exact) mass is 301 g/mol. The summed E-state index contributed by atoms with van der Waals surface area (Å²) in [4.78, 5) is 14.0. The molecule has 1 atom stereocenters. The third-order valence-corrected chi connectivity index (χ3v) is 4.66. The van der Waals surface area contributed by atoms with Crippen molar-refractivity contribution in [2.75, 3.05) is 13.1 Å². The Morgan fingerprint density at radius 3 is 2.79 bits per heavy atom. The van der Waals surface area contributed by atoms with Crippen LogP contribution in [0, 0.1) is 5.92 Å². The molecule has 1 unspecified atom stereocenters. The topological polar surface area (TPSA) is 54.5 Å². The van der Waals surface area contributed by atoms with Crippen LogP contribution < -0.4 is 0 Å². The highest BCUT2D eigenvalue weighted by atomic mass is 35.7. The van der Waals surface area contributed by atoms with E-state index in [2.05, 4.69) is 6.92 Å². The summed E-state index contributed by atoms with van der Waals surface area (Å²) in [6, 6.07) is 5.88. The van der Waals surface area contributed by atoms with Crippen molar-refractivity contribution in [2.45, 2.75) is 24.7 Å². The molecule has 1 amide bonds. The van der Waals surface area contributed by atoms with Crippen molar-refractivity contribution in [1.82, 2.24) is 4.90 Å². The van der Waals surface area contributed by atoms with Crippen molar-refractivity contribution in [3.05, 3.63) is 29.8 Å². The third kappa shape index (κ3) is 3.48. The molecule has 1 aromatic rings. The van der Waals surface area contributed by atoms with Crippen LogP contribution in [0.5, 0.6) is 0 Å². The molecular formula is C13H16ClNO3S. The standard InChI is InChI=1S/C13H16ClNO3S/c1-10-4-3-7-15(9-10)13(16)11-5-2-6-12(8-11)19(14,17)18/h2,5-6,8,10H,3-4,7,9H2,1H3. The fourth-order valence-electron chi connectivity index (χ4n) is 2.34. The fourth-order valence-corrected chi connectivity index (χ4v) is 3.13. The summed E-state index contributed by atoms with van der Waals surface area (Å²) in [5, 5.41) is 0. The van der Waals surface area contributed by atoms with Crippen LogP contribution in [-0.2, 0) is 9.05 Å². The van der Waals surface area contributed by atoms with Crippen LogP contribution in [0.2, 0.25) is 0 Å². The number of hydrogen-bond acceptors (Lipinski definition) is 3. The Kier molecular flexibility index (Phi) is 4.16. The first-order chi connectivity index (χ1) is 8.88. The molecule has 4 nitrogen and oxygen atoms in total. The van der Waals surface area contributed by atoms with E-state index in [0.717, 1.165) is 25.9 Å². The Labute approximate surface area is 117 Å². The molecule has 1 fully saturated rings. The van der Waals surface area contributed by atoms with Gasteiger partial charge in [-0.1, -0.05) is 13.0 Å². The second-order valence-electron chi connectivity index (χ2n) is 4.96. The maximum absolute atomic E-state index is 12.3. The van der Waals surface area contributed by atoms with E-state index in [1.54, 1.807) is 11.0 Å². The van der Waals surface area contributed by atoms with E-state index >= 15 is 0 Å². The van der Waals surface area contributed by atoms with Crippen LogP contribution in [0.25, 0.3) is 0 Å². The molecule has 6 heteroatoms. The molecule has 0 N–H and O–H groups in total. The van der Waals surface area contributed by atoms with Gasteiger partial charge in [0.2, 0.25) is 0 Å². The largest absolute Gasteiger partial charge is 0.338 e. The summed E-state index contributed by atoms with van der Waals surface area (Å²) in [6.45, 7) is 3.55. The van der Waals surface area contributed by atoms with Gasteiger partial charge in [-0.25, -0.2) is 8.42 Å². The van der Waals surface area contributed by atoms with Gasteiger partial charge in [-0.15, -0.1) is 0 Å². The number of piperidine rings is 1. The average Bonchev–Trinajstić information content (AvgIpc) is 2.37. The predicted molar refractivity (Wildman–Crippen MR) is 73.8 cm³/mol. The Balaban J connectivity index is 2.24. The summed E-state index contributed by atoms with van der Waals surface area (Å²) in [7, 11) is 1.49. The van der Waals surface area contributed by atoms with Gasteiger partial charge in [-0.3, -0.25) is 4.79 Å². The van der Waals surface area contributed by atoms with Crippen LogP contribution in [0.3, 0.4) is 0 Å². The number of carbonyl (C=O) groups is 1. The summed E-state index contributed by atoms with van der Waals surface area (Å²) < 4.78 is 22.6. The van der Waals surface area contributed by atoms with E-state index in [1.165, 1.54) is 18.2 Å². The molecule has 1 aliphatic heterocycles. The molecule has 0 aliphatic carbocycles. The lowest BCUT2D eigenvalue weighted by Gasteiger charge is -2.31. The molecule has 1 saturated heterocycles. The van der Waals surface area contributed by atoms with E-state index in [0.29, 0.717) is 11.5 Å². The molecule has 19 heavy (non-hydrogen) atoms. The number of nitrogens with zero attached hydrogens (tertiary/aromatic N) is 1. The van der Waals surface area contributed by atoms with Crippen molar-refractivity contribution in [3.8, 4) is 0 Å². The fraction of sp³-hybridized carbons (Fsp3) is 0.462. The maximum atomic E-state index is 12.3. The first-order valence-electron chi connectivity index (χ1n) is 6.22. The highest BCUT2D eigenvalue weighted by molar-refractivity contribution is 8.13. The van der Waals surface area contributed by atoms with Crippen molar-refractivity contribution in [3.63, 3.8) is 0 Å².